The number of aryl methyl sites for hydroxylation is 1. The van der Waals surface area contributed by atoms with Crippen LogP contribution in [-0.4, -0.2) is 46.8 Å². The molecule has 0 saturated carbocycles. The van der Waals surface area contributed by atoms with E-state index in [4.69, 9.17) is 0 Å². The molecule has 1 heterocycles. The third-order valence-corrected chi connectivity index (χ3v) is 4.42. The summed E-state index contributed by atoms with van der Waals surface area (Å²) >= 11 is 0. The molecule has 6 nitrogen and oxygen atoms in total. The van der Waals surface area contributed by atoms with Gasteiger partial charge in [0.2, 0.25) is 5.43 Å². The molecule has 1 unspecified atom stereocenters. The Kier molecular flexibility index (Phi) is 6.47. The van der Waals surface area contributed by atoms with Crippen LogP contribution in [0.15, 0.2) is 41.2 Å². The molecule has 0 aliphatic carbocycles. The highest BCUT2D eigenvalue weighted by atomic mass is 16.2. The highest BCUT2D eigenvalue weighted by Gasteiger charge is 2.15. The van der Waals surface area contributed by atoms with Crippen molar-refractivity contribution in [2.24, 2.45) is 0 Å². The number of hydrogen-bond donors (Lipinski definition) is 1. The predicted octanol–water partition coefficient (Wildman–Crippen LogP) is 2.00. The van der Waals surface area contributed by atoms with E-state index in [1.165, 1.54) is 6.07 Å². The van der Waals surface area contributed by atoms with E-state index in [2.05, 4.69) is 29.2 Å². The molecule has 25 heavy (non-hydrogen) atoms. The van der Waals surface area contributed by atoms with Crippen LogP contribution in [0.5, 0.6) is 0 Å². The van der Waals surface area contributed by atoms with Crippen LogP contribution in [0.4, 0.5) is 0 Å². The van der Waals surface area contributed by atoms with Gasteiger partial charge in [0.1, 0.15) is 0 Å². The van der Waals surface area contributed by atoms with Gasteiger partial charge in [-0.15, -0.1) is 0 Å². The third kappa shape index (κ3) is 4.76. The number of amides is 1. The summed E-state index contributed by atoms with van der Waals surface area (Å²) in [6.07, 6.45) is 1.05. The van der Waals surface area contributed by atoms with Crippen LogP contribution in [0.3, 0.4) is 0 Å². The third-order valence-electron chi connectivity index (χ3n) is 4.42. The van der Waals surface area contributed by atoms with Crippen molar-refractivity contribution in [1.82, 2.24) is 20.0 Å². The van der Waals surface area contributed by atoms with Crippen LogP contribution in [-0.2, 0) is 0 Å². The van der Waals surface area contributed by atoms with Gasteiger partial charge in [-0.05, 0) is 39.4 Å². The van der Waals surface area contributed by atoms with E-state index in [1.54, 1.807) is 11.6 Å². The van der Waals surface area contributed by atoms with E-state index in [0.29, 0.717) is 18.3 Å². The number of carbonyl (C=O) groups is 1. The topological polar surface area (TPSA) is 67.2 Å². The summed E-state index contributed by atoms with van der Waals surface area (Å²) in [6, 6.07) is 11.3. The molecule has 0 radical (unpaired) electrons. The molecule has 0 spiro atoms. The molecule has 1 N–H and O–H groups in total. The second-order valence-electron chi connectivity index (χ2n) is 6.24. The number of para-hydroxylation sites is 1. The van der Waals surface area contributed by atoms with Crippen LogP contribution in [0.1, 0.15) is 36.5 Å². The zero-order valence-electron chi connectivity index (χ0n) is 15.3. The maximum Gasteiger partial charge on any atom is 0.275 e. The van der Waals surface area contributed by atoms with Gasteiger partial charge in [0, 0.05) is 30.9 Å². The molecule has 0 bridgehead atoms. The second kappa shape index (κ2) is 8.58. The lowest BCUT2D eigenvalue weighted by molar-refractivity contribution is 0.0939. The van der Waals surface area contributed by atoms with Crippen LogP contribution >= 0.6 is 0 Å². The zero-order chi connectivity index (χ0) is 18.4. The number of hydrogen-bond acceptors (Lipinski definition) is 4. The molecular weight excluding hydrogens is 316 g/mol. The van der Waals surface area contributed by atoms with Gasteiger partial charge >= 0.3 is 0 Å². The van der Waals surface area contributed by atoms with E-state index in [9.17, 15) is 9.59 Å². The van der Waals surface area contributed by atoms with Gasteiger partial charge in [-0.1, -0.05) is 25.1 Å². The molecule has 1 atom stereocenters. The monoisotopic (exact) mass is 342 g/mol. The first-order valence-corrected chi connectivity index (χ1v) is 8.59. The molecule has 1 aromatic heterocycles. The summed E-state index contributed by atoms with van der Waals surface area (Å²) in [4.78, 5) is 26.7. The summed E-state index contributed by atoms with van der Waals surface area (Å²) in [5.74, 6) is -0.438. The van der Waals surface area contributed by atoms with Crippen molar-refractivity contribution < 1.29 is 4.79 Å². The fourth-order valence-corrected chi connectivity index (χ4v) is 2.50. The van der Waals surface area contributed by atoms with Crippen molar-refractivity contribution in [2.75, 3.05) is 20.1 Å². The average molecular weight is 342 g/mol. The van der Waals surface area contributed by atoms with Gasteiger partial charge in [0.25, 0.3) is 5.91 Å². The molecule has 1 amide bonds. The van der Waals surface area contributed by atoms with E-state index in [0.717, 1.165) is 18.7 Å². The Balaban J connectivity index is 2.13. The maximum atomic E-state index is 12.4. The molecule has 2 aromatic rings. The van der Waals surface area contributed by atoms with E-state index in [-0.39, 0.29) is 11.1 Å². The van der Waals surface area contributed by atoms with E-state index < -0.39 is 5.91 Å². The smallest absolute Gasteiger partial charge is 0.275 e. The Hall–Kier alpha value is -2.47. The molecule has 1 aromatic carbocycles. The quantitative estimate of drug-likeness (QED) is 0.836. The number of nitrogens with zero attached hydrogens (tertiary/aromatic N) is 3. The van der Waals surface area contributed by atoms with Crippen molar-refractivity contribution in [3.63, 3.8) is 0 Å². The van der Waals surface area contributed by atoms with Crippen molar-refractivity contribution >= 4 is 5.91 Å². The summed E-state index contributed by atoms with van der Waals surface area (Å²) in [6.45, 7) is 7.26. The molecule has 0 aliphatic heterocycles. The Morgan fingerprint density at radius 2 is 2.00 bits per heavy atom. The van der Waals surface area contributed by atoms with E-state index >= 15 is 0 Å². The fraction of sp³-hybridized carbons (Fsp3) is 0.421. The Morgan fingerprint density at radius 1 is 1.32 bits per heavy atom. The molecule has 134 valence electrons. The van der Waals surface area contributed by atoms with Crippen LogP contribution < -0.4 is 10.7 Å². The lowest BCUT2D eigenvalue weighted by atomic mass is 10.2. The summed E-state index contributed by atoms with van der Waals surface area (Å²) < 4.78 is 1.61. The normalized spacial score (nSPS) is 12.2. The lowest BCUT2D eigenvalue weighted by Crippen LogP contribution is -2.39. The van der Waals surface area contributed by atoms with Crippen molar-refractivity contribution in [2.45, 2.75) is 33.2 Å². The van der Waals surface area contributed by atoms with Gasteiger partial charge in [-0.3, -0.25) is 9.59 Å². The van der Waals surface area contributed by atoms with Gasteiger partial charge in [0.05, 0.1) is 5.69 Å². The Morgan fingerprint density at radius 3 is 2.64 bits per heavy atom. The predicted molar refractivity (Wildman–Crippen MR) is 99.3 cm³/mol. The van der Waals surface area contributed by atoms with Gasteiger partial charge in [-0.25, -0.2) is 4.68 Å². The number of carbonyl (C=O) groups excluding carboxylic acids is 1. The molecule has 0 saturated heterocycles. The molecule has 2 rings (SSSR count). The highest BCUT2D eigenvalue weighted by Crippen LogP contribution is 2.07. The highest BCUT2D eigenvalue weighted by molar-refractivity contribution is 5.92. The lowest BCUT2D eigenvalue weighted by Gasteiger charge is -2.23. The van der Waals surface area contributed by atoms with Crippen LogP contribution in [0.2, 0.25) is 0 Å². The fourth-order valence-electron chi connectivity index (χ4n) is 2.50. The van der Waals surface area contributed by atoms with Crippen molar-refractivity contribution in [1.29, 1.82) is 0 Å². The SMILES string of the molecule is CCC(C)N(C)CCNC(=O)c1nn(-c2ccccc2)c(C)cc1=O. The first-order valence-electron chi connectivity index (χ1n) is 8.59. The van der Waals surface area contributed by atoms with E-state index in [1.807, 2.05) is 37.4 Å². The molecular formula is C19H26N4O2. The van der Waals surface area contributed by atoms with Gasteiger partial charge in [0.15, 0.2) is 5.69 Å². The summed E-state index contributed by atoms with van der Waals surface area (Å²) in [7, 11) is 2.02. The standard InChI is InChI=1S/C19H26N4O2/c1-5-14(2)22(4)12-11-20-19(25)18-17(24)13-15(3)23(21-18)16-9-7-6-8-10-16/h6-10,13-14H,5,11-12H2,1-4H3,(H,20,25). The number of nitrogens with one attached hydrogen (secondary N) is 1. The summed E-state index contributed by atoms with van der Waals surface area (Å²) in [5.41, 5.74) is 1.05. The van der Waals surface area contributed by atoms with Gasteiger partial charge in [-0.2, -0.15) is 5.10 Å². The second-order valence-corrected chi connectivity index (χ2v) is 6.24. The first-order chi connectivity index (χ1) is 11.9. The number of benzene rings is 1. The van der Waals surface area contributed by atoms with Gasteiger partial charge < -0.3 is 10.2 Å². The van der Waals surface area contributed by atoms with Crippen LogP contribution in [0.25, 0.3) is 5.69 Å². The number of likely N-dealkylation sites (N-methyl/N-ethyl adjacent to an activating group) is 1. The minimum absolute atomic E-state index is 0.0827. The largest absolute Gasteiger partial charge is 0.349 e. The Labute approximate surface area is 148 Å². The van der Waals surface area contributed by atoms with Crippen LogP contribution in [0, 0.1) is 6.92 Å². The minimum Gasteiger partial charge on any atom is -0.349 e. The van der Waals surface area contributed by atoms with Crippen molar-refractivity contribution in [3.05, 3.63) is 58.0 Å². The first kappa shape index (κ1) is 18.9. The minimum atomic E-state index is -0.438. The Bertz CT molecular complexity index is 771. The average Bonchev–Trinajstić information content (AvgIpc) is 2.61. The summed E-state index contributed by atoms with van der Waals surface area (Å²) in [5, 5.41) is 7.06. The van der Waals surface area contributed by atoms with Crippen molar-refractivity contribution in [3.8, 4) is 5.69 Å². The number of aromatic nitrogens is 2. The maximum absolute atomic E-state index is 12.4. The molecule has 6 heteroatoms. The zero-order valence-corrected chi connectivity index (χ0v) is 15.3. The number of rotatable bonds is 7. The molecule has 0 aliphatic rings. The molecule has 0 fully saturated rings.